The van der Waals surface area contributed by atoms with E-state index in [1.807, 2.05) is 6.07 Å². The van der Waals surface area contributed by atoms with Gasteiger partial charge in [0.05, 0.1) is 22.4 Å². The first-order valence-electron chi connectivity index (χ1n) is 15.1. The lowest BCUT2D eigenvalue weighted by Gasteiger charge is -2.26. The number of rotatable bonds is 6. The summed E-state index contributed by atoms with van der Waals surface area (Å²) in [6.07, 6.45) is 0.905. The minimum atomic E-state index is 0.891. The van der Waals surface area contributed by atoms with Gasteiger partial charge < -0.3 is 9.88 Å². The zero-order valence-electron chi connectivity index (χ0n) is 24.4. The molecule has 0 amide bonds. The molecule has 0 fully saturated rings. The molecule has 0 aliphatic carbocycles. The van der Waals surface area contributed by atoms with E-state index in [0.717, 1.165) is 68.1 Å². The van der Waals surface area contributed by atoms with E-state index in [1.54, 1.807) is 0 Å². The Morgan fingerprint density at radius 2 is 1.16 bits per heavy atom. The monoisotopic (exact) mass is 566 g/mol. The average Bonchev–Trinajstić information content (AvgIpc) is 3.47. The predicted octanol–water partition coefficient (Wildman–Crippen LogP) is 10.6. The number of benzene rings is 6. The van der Waals surface area contributed by atoms with Crippen LogP contribution >= 0.6 is 0 Å². The zero-order chi connectivity index (χ0) is 29.5. The number of nitrogens with one attached hydrogen (secondary N) is 1. The standard InChI is InChI=1S/C40H30N4/c1-2-27-14-11-19-37-38(27)43-40(39(42-37)28-12-5-3-6-13-28)29-20-22-31(23-21-29)44(30-15-7-4-8-16-30)32-24-25-36-34(26-32)33-17-9-10-18-35(33)41-36/h3-26,41H,2H2,1H3. The summed E-state index contributed by atoms with van der Waals surface area (Å²) in [6, 6.07) is 51.0. The molecule has 4 nitrogen and oxygen atoms in total. The van der Waals surface area contributed by atoms with E-state index < -0.39 is 0 Å². The van der Waals surface area contributed by atoms with Gasteiger partial charge in [0.1, 0.15) is 0 Å². The van der Waals surface area contributed by atoms with Gasteiger partial charge in [0.2, 0.25) is 0 Å². The molecule has 2 heterocycles. The van der Waals surface area contributed by atoms with Crippen molar-refractivity contribution in [1.29, 1.82) is 0 Å². The van der Waals surface area contributed by atoms with E-state index in [-0.39, 0.29) is 0 Å². The molecule has 210 valence electrons. The summed E-state index contributed by atoms with van der Waals surface area (Å²) >= 11 is 0. The molecule has 0 unspecified atom stereocenters. The first-order chi connectivity index (χ1) is 21.8. The minimum Gasteiger partial charge on any atom is -0.355 e. The molecular formula is C40H30N4. The Hall–Kier alpha value is -5.74. The van der Waals surface area contributed by atoms with E-state index in [1.165, 1.54) is 16.3 Å². The van der Waals surface area contributed by atoms with Crippen LogP contribution < -0.4 is 4.90 Å². The van der Waals surface area contributed by atoms with Gasteiger partial charge in [0, 0.05) is 50.0 Å². The van der Waals surface area contributed by atoms with Crippen LogP contribution in [0.5, 0.6) is 0 Å². The molecule has 0 aliphatic heterocycles. The summed E-state index contributed by atoms with van der Waals surface area (Å²) in [4.78, 5) is 16.3. The number of aromatic nitrogens is 3. The SMILES string of the molecule is CCc1cccc2nc(-c3ccccc3)c(-c3ccc(N(c4ccccc4)c4ccc5[nH]c6ccccc6c5c4)cc3)nc12. The third-order valence-electron chi connectivity index (χ3n) is 8.37. The molecule has 4 heteroatoms. The van der Waals surface area contributed by atoms with Gasteiger partial charge in [-0.2, -0.15) is 0 Å². The van der Waals surface area contributed by atoms with E-state index in [2.05, 4.69) is 156 Å². The summed E-state index contributed by atoms with van der Waals surface area (Å²) in [7, 11) is 0. The number of fused-ring (bicyclic) bond motifs is 4. The topological polar surface area (TPSA) is 44.8 Å². The maximum Gasteiger partial charge on any atom is 0.0973 e. The average molecular weight is 567 g/mol. The van der Waals surface area contributed by atoms with Crippen LogP contribution in [-0.2, 0) is 6.42 Å². The summed E-state index contributed by atoms with van der Waals surface area (Å²) < 4.78 is 0. The molecule has 8 rings (SSSR count). The van der Waals surface area contributed by atoms with Crippen molar-refractivity contribution >= 4 is 49.9 Å². The molecule has 0 saturated carbocycles. The van der Waals surface area contributed by atoms with E-state index in [0.29, 0.717) is 0 Å². The molecule has 0 saturated heterocycles. The zero-order valence-corrected chi connectivity index (χ0v) is 24.4. The van der Waals surface area contributed by atoms with Crippen LogP contribution in [0, 0.1) is 0 Å². The Morgan fingerprint density at radius 3 is 1.95 bits per heavy atom. The third kappa shape index (κ3) is 4.48. The van der Waals surface area contributed by atoms with Crippen LogP contribution in [0.3, 0.4) is 0 Å². The molecular weight excluding hydrogens is 536 g/mol. The highest BCUT2D eigenvalue weighted by molar-refractivity contribution is 6.08. The fourth-order valence-electron chi connectivity index (χ4n) is 6.19. The van der Waals surface area contributed by atoms with Crippen LogP contribution in [0.1, 0.15) is 12.5 Å². The lowest BCUT2D eigenvalue weighted by molar-refractivity contribution is 1.14. The second kappa shape index (κ2) is 10.8. The Balaban J connectivity index is 1.28. The molecule has 1 N–H and O–H groups in total. The highest BCUT2D eigenvalue weighted by Crippen LogP contribution is 2.39. The van der Waals surface area contributed by atoms with Crippen molar-refractivity contribution in [1.82, 2.24) is 15.0 Å². The van der Waals surface area contributed by atoms with E-state index >= 15 is 0 Å². The van der Waals surface area contributed by atoms with Gasteiger partial charge in [-0.3, -0.25) is 0 Å². The van der Waals surface area contributed by atoms with Gasteiger partial charge >= 0.3 is 0 Å². The van der Waals surface area contributed by atoms with Crippen LogP contribution in [-0.4, -0.2) is 15.0 Å². The minimum absolute atomic E-state index is 0.891. The Labute approximate surface area is 256 Å². The molecule has 44 heavy (non-hydrogen) atoms. The molecule has 0 spiro atoms. The predicted molar refractivity (Wildman–Crippen MR) is 184 cm³/mol. The highest BCUT2D eigenvalue weighted by Gasteiger charge is 2.18. The molecule has 8 aromatic rings. The number of para-hydroxylation sites is 3. The maximum atomic E-state index is 5.26. The Bertz CT molecular complexity index is 2250. The van der Waals surface area contributed by atoms with E-state index in [4.69, 9.17) is 9.97 Å². The highest BCUT2D eigenvalue weighted by atomic mass is 15.1. The van der Waals surface area contributed by atoms with Crippen molar-refractivity contribution in [2.75, 3.05) is 4.90 Å². The number of aryl methyl sites for hydroxylation is 1. The van der Waals surface area contributed by atoms with Crippen molar-refractivity contribution in [3.63, 3.8) is 0 Å². The summed E-state index contributed by atoms with van der Waals surface area (Å²) in [5, 5.41) is 2.43. The van der Waals surface area contributed by atoms with E-state index in [9.17, 15) is 0 Å². The van der Waals surface area contributed by atoms with Crippen LogP contribution in [0.25, 0.3) is 55.4 Å². The molecule has 2 aromatic heterocycles. The molecule has 0 atom stereocenters. The van der Waals surface area contributed by atoms with Crippen molar-refractivity contribution in [2.45, 2.75) is 13.3 Å². The number of nitrogens with zero attached hydrogens (tertiary/aromatic N) is 3. The smallest absolute Gasteiger partial charge is 0.0973 e. The normalized spacial score (nSPS) is 11.4. The van der Waals surface area contributed by atoms with Crippen molar-refractivity contribution < 1.29 is 0 Å². The first-order valence-corrected chi connectivity index (χ1v) is 15.1. The number of aromatic amines is 1. The quantitative estimate of drug-likeness (QED) is 0.218. The number of hydrogen-bond donors (Lipinski definition) is 1. The number of H-pyrrole nitrogens is 1. The second-order valence-corrected chi connectivity index (χ2v) is 11.0. The second-order valence-electron chi connectivity index (χ2n) is 11.0. The first kappa shape index (κ1) is 25.9. The largest absolute Gasteiger partial charge is 0.355 e. The Morgan fingerprint density at radius 1 is 0.523 bits per heavy atom. The summed E-state index contributed by atoms with van der Waals surface area (Å²) in [5.41, 5.74) is 12.5. The molecule has 0 aliphatic rings. The fourth-order valence-corrected chi connectivity index (χ4v) is 6.19. The van der Waals surface area contributed by atoms with Crippen LogP contribution in [0.15, 0.2) is 146 Å². The van der Waals surface area contributed by atoms with Crippen LogP contribution in [0.2, 0.25) is 0 Å². The number of anilines is 3. The lowest BCUT2D eigenvalue weighted by atomic mass is 10.0. The summed E-state index contributed by atoms with van der Waals surface area (Å²) in [5.74, 6) is 0. The van der Waals surface area contributed by atoms with Gasteiger partial charge in [-0.05, 0) is 66.6 Å². The van der Waals surface area contributed by atoms with Gasteiger partial charge in [0.25, 0.3) is 0 Å². The van der Waals surface area contributed by atoms with Gasteiger partial charge in [-0.15, -0.1) is 0 Å². The lowest BCUT2D eigenvalue weighted by Crippen LogP contribution is -2.09. The van der Waals surface area contributed by atoms with Crippen molar-refractivity contribution in [3.8, 4) is 22.5 Å². The maximum absolute atomic E-state index is 5.26. The van der Waals surface area contributed by atoms with Crippen molar-refractivity contribution in [3.05, 3.63) is 151 Å². The fraction of sp³-hybridized carbons (Fsp3) is 0.0500. The van der Waals surface area contributed by atoms with Crippen LogP contribution in [0.4, 0.5) is 17.1 Å². The number of hydrogen-bond acceptors (Lipinski definition) is 3. The third-order valence-corrected chi connectivity index (χ3v) is 8.37. The van der Waals surface area contributed by atoms with Gasteiger partial charge in [-0.1, -0.05) is 97.9 Å². The molecule has 6 aromatic carbocycles. The molecule has 0 bridgehead atoms. The Kier molecular flexibility index (Phi) is 6.38. The summed E-state index contributed by atoms with van der Waals surface area (Å²) in [6.45, 7) is 2.17. The van der Waals surface area contributed by atoms with Crippen molar-refractivity contribution in [2.24, 2.45) is 0 Å². The molecule has 0 radical (unpaired) electrons. The van der Waals surface area contributed by atoms with Gasteiger partial charge in [-0.25, -0.2) is 9.97 Å². The van der Waals surface area contributed by atoms with Gasteiger partial charge in [0.15, 0.2) is 0 Å².